The molecule has 17 heavy (non-hydrogen) atoms. The Morgan fingerprint density at radius 2 is 1.88 bits per heavy atom. The Labute approximate surface area is 99.4 Å². The molecule has 1 fully saturated rings. The number of ether oxygens (including phenoxy) is 1. The van der Waals surface area contributed by atoms with Gasteiger partial charge in [0.25, 0.3) is 0 Å². The summed E-state index contributed by atoms with van der Waals surface area (Å²) in [5.41, 5.74) is 4.25. The molecular weight excluding hydrogens is 216 g/mol. The first kappa shape index (κ1) is 10.4. The normalized spacial score (nSPS) is 22.8. The van der Waals surface area contributed by atoms with Crippen LogP contribution in [0.4, 0.5) is 0 Å². The van der Waals surface area contributed by atoms with E-state index in [0.717, 1.165) is 17.1 Å². The van der Waals surface area contributed by atoms with Crippen LogP contribution < -0.4 is 0 Å². The summed E-state index contributed by atoms with van der Waals surface area (Å²) >= 11 is 0. The highest BCUT2D eigenvalue weighted by molar-refractivity contribution is 5.28. The molecule has 0 aromatic carbocycles. The summed E-state index contributed by atoms with van der Waals surface area (Å²) in [4.78, 5) is 4.36. The monoisotopic (exact) mass is 230 g/mol. The fourth-order valence-electron chi connectivity index (χ4n) is 2.18. The lowest BCUT2D eigenvalue weighted by molar-refractivity contribution is 0.370. The summed E-state index contributed by atoms with van der Waals surface area (Å²) < 4.78 is 7.47. The van der Waals surface area contributed by atoms with E-state index in [1.54, 1.807) is 10.9 Å². The van der Waals surface area contributed by atoms with E-state index in [9.17, 15) is 0 Å². The second kappa shape index (κ2) is 3.63. The average molecular weight is 230 g/mol. The van der Waals surface area contributed by atoms with Crippen LogP contribution in [0.1, 0.15) is 34.9 Å². The first-order valence-electron chi connectivity index (χ1n) is 5.60. The molecule has 5 heteroatoms. The maximum atomic E-state index is 5.71. The van der Waals surface area contributed by atoms with E-state index in [1.165, 1.54) is 5.56 Å². The molecule has 3 rings (SSSR count). The van der Waals surface area contributed by atoms with Crippen molar-refractivity contribution in [2.75, 3.05) is 0 Å². The molecule has 0 radical (unpaired) electrons. The summed E-state index contributed by atoms with van der Waals surface area (Å²) in [6.07, 6.45) is 1.95. The Bertz CT molecular complexity index is 543. The molecule has 88 valence electrons. The van der Waals surface area contributed by atoms with Crippen LogP contribution in [0.5, 0.6) is 0 Å². The predicted octanol–water partition coefficient (Wildman–Crippen LogP) is 1.64. The Balaban J connectivity index is 1.87. The van der Waals surface area contributed by atoms with Crippen LogP contribution in [0.2, 0.25) is 0 Å². The highest BCUT2D eigenvalue weighted by atomic mass is 16.6. The van der Waals surface area contributed by atoms with Gasteiger partial charge in [-0.15, -0.1) is 5.10 Å². The fourth-order valence-corrected chi connectivity index (χ4v) is 2.18. The van der Waals surface area contributed by atoms with Crippen molar-refractivity contribution in [2.45, 2.75) is 26.1 Å². The minimum atomic E-state index is 0.0798. The van der Waals surface area contributed by atoms with Crippen molar-refractivity contribution >= 4 is 0 Å². The smallest absolute Gasteiger partial charge is 0.132 e. The van der Waals surface area contributed by atoms with Crippen LogP contribution in [0.25, 0.3) is 0 Å². The van der Waals surface area contributed by atoms with Crippen LogP contribution in [-0.4, -0.2) is 20.0 Å². The SMILES string of the molecule is Cc1cc(C2OC2c2cnnn2C)cc(C)n1. The van der Waals surface area contributed by atoms with Crippen molar-refractivity contribution in [2.24, 2.45) is 7.05 Å². The van der Waals surface area contributed by atoms with E-state index in [4.69, 9.17) is 4.74 Å². The molecule has 0 amide bonds. The topological polar surface area (TPSA) is 56.1 Å². The van der Waals surface area contributed by atoms with Crippen LogP contribution in [0.15, 0.2) is 18.3 Å². The van der Waals surface area contributed by atoms with Gasteiger partial charge in [0.05, 0.1) is 11.9 Å². The number of hydrogen-bond acceptors (Lipinski definition) is 4. The van der Waals surface area contributed by atoms with Gasteiger partial charge in [-0.3, -0.25) is 4.98 Å². The summed E-state index contributed by atoms with van der Waals surface area (Å²) in [5.74, 6) is 0. The van der Waals surface area contributed by atoms with E-state index in [0.29, 0.717) is 0 Å². The molecule has 1 saturated heterocycles. The molecule has 2 atom stereocenters. The molecule has 0 N–H and O–H groups in total. The zero-order valence-electron chi connectivity index (χ0n) is 10.1. The molecule has 3 heterocycles. The third-order valence-corrected chi connectivity index (χ3v) is 2.96. The van der Waals surface area contributed by atoms with Gasteiger partial charge in [0.2, 0.25) is 0 Å². The highest BCUT2D eigenvalue weighted by Crippen LogP contribution is 2.50. The molecule has 2 aromatic rings. The molecule has 2 unspecified atom stereocenters. The quantitative estimate of drug-likeness (QED) is 0.736. The highest BCUT2D eigenvalue weighted by Gasteiger charge is 2.43. The molecule has 1 aliphatic heterocycles. The molecule has 1 aliphatic rings. The molecular formula is C12H14N4O. The van der Waals surface area contributed by atoms with Crippen molar-refractivity contribution < 1.29 is 4.74 Å². The maximum Gasteiger partial charge on any atom is 0.132 e. The van der Waals surface area contributed by atoms with Gasteiger partial charge < -0.3 is 4.74 Å². The lowest BCUT2D eigenvalue weighted by Crippen LogP contribution is -1.97. The van der Waals surface area contributed by atoms with Crippen molar-refractivity contribution in [1.29, 1.82) is 0 Å². The van der Waals surface area contributed by atoms with Crippen LogP contribution in [0.3, 0.4) is 0 Å². The van der Waals surface area contributed by atoms with Gasteiger partial charge in [0.1, 0.15) is 12.2 Å². The summed E-state index contributed by atoms with van der Waals surface area (Å²) in [6, 6.07) is 4.14. The Kier molecular flexibility index (Phi) is 2.22. The van der Waals surface area contributed by atoms with Gasteiger partial charge in [0, 0.05) is 18.4 Å². The molecule has 0 saturated carbocycles. The van der Waals surface area contributed by atoms with E-state index in [2.05, 4.69) is 27.4 Å². The van der Waals surface area contributed by atoms with Gasteiger partial charge in [0.15, 0.2) is 0 Å². The lowest BCUT2D eigenvalue weighted by Gasteiger charge is -2.01. The average Bonchev–Trinajstić information content (AvgIpc) is 2.93. The minimum Gasteiger partial charge on any atom is -0.358 e. The van der Waals surface area contributed by atoms with Gasteiger partial charge in [-0.05, 0) is 31.5 Å². The zero-order valence-corrected chi connectivity index (χ0v) is 10.1. The second-order valence-corrected chi connectivity index (χ2v) is 4.44. The lowest BCUT2D eigenvalue weighted by atomic mass is 10.1. The molecule has 0 bridgehead atoms. The third-order valence-electron chi connectivity index (χ3n) is 2.96. The molecule has 5 nitrogen and oxygen atoms in total. The van der Waals surface area contributed by atoms with Gasteiger partial charge >= 0.3 is 0 Å². The number of pyridine rings is 1. The minimum absolute atomic E-state index is 0.0798. The summed E-state index contributed by atoms with van der Waals surface area (Å²) in [6.45, 7) is 4.00. The van der Waals surface area contributed by atoms with Crippen LogP contribution >= 0.6 is 0 Å². The second-order valence-electron chi connectivity index (χ2n) is 4.44. The summed E-state index contributed by atoms with van der Waals surface area (Å²) in [5, 5.41) is 7.78. The van der Waals surface area contributed by atoms with Crippen molar-refractivity contribution in [1.82, 2.24) is 20.0 Å². The maximum absolute atomic E-state index is 5.71. The number of rotatable bonds is 2. The molecule has 0 aliphatic carbocycles. The van der Waals surface area contributed by atoms with E-state index >= 15 is 0 Å². The predicted molar refractivity (Wildman–Crippen MR) is 61.3 cm³/mol. The fraction of sp³-hybridized carbons (Fsp3) is 0.417. The molecule has 0 spiro atoms. The van der Waals surface area contributed by atoms with Gasteiger partial charge in [-0.2, -0.15) is 0 Å². The largest absolute Gasteiger partial charge is 0.358 e. The number of nitrogens with zero attached hydrogens (tertiary/aromatic N) is 4. The zero-order chi connectivity index (χ0) is 12.0. The number of aromatic nitrogens is 4. The van der Waals surface area contributed by atoms with E-state index < -0.39 is 0 Å². The Morgan fingerprint density at radius 1 is 1.18 bits per heavy atom. The summed E-state index contributed by atoms with van der Waals surface area (Å²) in [7, 11) is 1.88. The first-order chi connectivity index (χ1) is 8.15. The first-order valence-corrected chi connectivity index (χ1v) is 5.60. The van der Waals surface area contributed by atoms with Gasteiger partial charge in [-0.1, -0.05) is 5.21 Å². The Hall–Kier alpha value is -1.75. The third kappa shape index (κ3) is 1.82. The van der Waals surface area contributed by atoms with Crippen LogP contribution in [-0.2, 0) is 11.8 Å². The van der Waals surface area contributed by atoms with Crippen LogP contribution in [0, 0.1) is 13.8 Å². The Morgan fingerprint density at radius 3 is 2.47 bits per heavy atom. The van der Waals surface area contributed by atoms with Crippen molar-refractivity contribution in [3.8, 4) is 0 Å². The number of epoxide rings is 1. The van der Waals surface area contributed by atoms with E-state index in [1.807, 2.05) is 20.9 Å². The standard InChI is InChI=1S/C12H14N4O/c1-7-4-9(5-8(2)14-7)11-12(17-11)10-6-13-15-16(10)3/h4-6,11-12H,1-3H3. The number of aryl methyl sites for hydroxylation is 3. The number of hydrogen-bond donors (Lipinski definition) is 0. The van der Waals surface area contributed by atoms with Crippen molar-refractivity contribution in [3.05, 3.63) is 41.0 Å². The van der Waals surface area contributed by atoms with Gasteiger partial charge in [-0.25, -0.2) is 4.68 Å². The molecule has 2 aromatic heterocycles. The van der Waals surface area contributed by atoms with Crippen molar-refractivity contribution in [3.63, 3.8) is 0 Å². The van der Waals surface area contributed by atoms with E-state index in [-0.39, 0.29) is 12.2 Å².